The Bertz CT molecular complexity index is 435. The maximum absolute atomic E-state index is 11.8. The first-order valence-corrected chi connectivity index (χ1v) is 6.64. The maximum Gasteiger partial charge on any atom is 0.164 e. The van der Waals surface area contributed by atoms with Crippen LogP contribution < -0.4 is 0 Å². The number of nitrogens with zero attached hydrogens (tertiary/aromatic N) is 2. The number of hydrogen-bond acceptors (Lipinski definition) is 2. The van der Waals surface area contributed by atoms with Crippen molar-refractivity contribution in [3.05, 3.63) is 23.5 Å². The van der Waals surface area contributed by atoms with Crippen molar-refractivity contribution >= 4 is 5.78 Å². The first-order chi connectivity index (χ1) is 8.24. The van der Waals surface area contributed by atoms with E-state index in [2.05, 4.69) is 22.7 Å². The smallest absolute Gasteiger partial charge is 0.164 e. The fraction of sp³-hybridized carbons (Fsp3) is 0.643. The zero-order chi connectivity index (χ0) is 11.8. The molecule has 1 atom stereocenters. The minimum atomic E-state index is 0.341. The fourth-order valence-corrected chi connectivity index (χ4v) is 3.21. The molecule has 0 aromatic carbocycles. The van der Waals surface area contributed by atoms with Gasteiger partial charge in [-0.3, -0.25) is 4.79 Å². The molecular formula is C14H20N2O. The number of hydrogen-bond donors (Lipinski definition) is 0. The van der Waals surface area contributed by atoms with Crippen LogP contribution in [0, 0.1) is 5.92 Å². The third kappa shape index (κ3) is 2.04. The van der Waals surface area contributed by atoms with Gasteiger partial charge in [0, 0.05) is 37.0 Å². The van der Waals surface area contributed by atoms with Crippen molar-refractivity contribution in [2.24, 2.45) is 5.92 Å². The molecule has 3 nitrogen and oxygen atoms in total. The number of fused-ring (bicyclic) bond motifs is 1. The number of ketones is 1. The lowest BCUT2D eigenvalue weighted by Crippen LogP contribution is -2.19. The topological polar surface area (TPSA) is 25.2 Å². The number of carbonyl (C=O) groups is 1. The third-order valence-electron chi connectivity index (χ3n) is 4.14. The number of aromatic nitrogens is 1. The second-order valence-corrected chi connectivity index (χ2v) is 5.52. The summed E-state index contributed by atoms with van der Waals surface area (Å²) in [6.45, 7) is 3.50. The summed E-state index contributed by atoms with van der Waals surface area (Å²) in [5.41, 5.74) is 2.28. The summed E-state index contributed by atoms with van der Waals surface area (Å²) in [7, 11) is 2.19. The molecule has 1 aromatic rings. The van der Waals surface area contributed by atoms with Gasteiger partial charge in [0.25, 0.3) is 0 Å². The van der Waals surface area contributed by atoms with E-state index in [0.717, 1.165) is 37.3 Å². The molecular weight excluding hydrogens is 212 g/mol. The van der Waals surface area contributed by atoms with Crippen LogP contribution in [0.4, 0.5) is 0 Å². The van der Waals surface area contributed by atoms with Crippen molar-refractivity contribution in [1.82, 2.24) is 9.47 Å². The SMILES string of the molecule is CN1CCC(Cn2ccc3c2CCCC3=O)C1. The zero-order valence-corrected chi connectivity index (χ0v) is 10.5. The standard InChI is InChI=1S/C14H20N2O/c1-15-7-5-11(9-15)10-16-8-6-12-13(16)3-2-4-14(12)17/h6,8,11H,2-5,7,9-10H2,1H3. The molecule has 1 fully saturated rings. The van der Waals surface area contributed by atoms with Gasteiger partial charge < -0.3 is 9.47 Å². The van der Waals surface area contributed by atoms with Gasteiger partial charge in [0.1, 0.15) is 0 Å². The molecule has 0 N–H and O–H groups in total. The van der Waals surface area contributed by atoms with Gasteiger partial charge in [-0.2, -0.15) is 0 Å². The Morgan fingerprint density at radius 1 is 1.41 bits per heavy atom. The Labute approximate surface area is 102 Å². The highest BCUT2D eigenvalue weighted by molar-refractivity contribution is 5.98. The van der Waals surface area contributed by atoms with Gasteiger partial charge in [0.2, 0.25) is 0 Å². The van der Waals surface area contributed by atoms with Gasteiger partial charge >= 0.3 is 0 Å². The normalized spacial score (nSPS) is 25.2. The second-order valence-electron chi connectivity index (χ2n) is 5.52. The average molecular weight is 232 g/mol. The van der Waals surface area contributed by atoms with Crippen LogP contribution in [-0.4, -0.2) is 35.4 Å². The van der Waals surface area contributed by atoms with Crippen molar-refractivity contribution in [2.45, 2.75) is 32.2 Å². The quantitative estimate of drug-likeness (QED) is 0.779. The van der Waals surface area contributed by atoms with Crippen LogP contribution in [0.3, 0.4) is 0 Å². The first-order valence-electron chi connectivity index (χ1n) is 6.64. The van der Waals surface area contributed by atoms with E-state index in [4.69, 9.17) is 0 Å². The number of Topliss-reactive ketones (excluding diaryl/α,β-unsaturated/α-hetero) is 1. The molecule has 2 heterocycles. The Hall–Kier alpha value is -1.09. The summed E-state index contributed by atoms with van der Waals surface area (Å²) in [5, 5.41) is 0. The van der Waals surface area contributed by atoms with E-state index >= 15 is 0 Å². The van der Waals surface area contributed by atoms with E-state index in [-0.39, 0.29) is 0 Å². The van der Waals surface area contributed by atoms with Gasteiger partial charge in [0.05, 0.1) is 0 Å². The van der Waals surface area contributed by atoms with Crippen molar-refractivity contribution in [3.8, 4) is 0 Å². The van der Waals surface area contributed by atoms with Gasteiger partial charge in [-0.15, -0.1) is 0 Å². The average Bonchev–Trinajstić information content (AvgIpc) is 2.88. The molecule has 1 aliphatic carbocycles. The van der Waals surface area contributed by atoms with Gasteiger partial charge in [0.15, 0.2) is 5.78 Å². The Balaban J connectivity index is 1.78. The maximum atomic E-state index is 11.8. The minimum absolute atomic E-state index is 0.341. The van der Waals surface area contributed by atoms with Crippen LogP contribution in [-0.2, 0) is 13.0 Å². The Kier molecular flexibility index (Phi) is 2.79. The van der Waals surface area contributed by atoms with E-state index in [1.54, 1.807) is 0 Å². The molecule has 0 amide bonds. The molecule has 1 aromatic heterocycles. The lowest BCUT2D eigenvalue weighted by Gasteiger charge is -2.17. The van der Waals surface area contributed by atoms with Crippen molar-refractivity contribution in [2.75, 3.05) is 20.1 Å². The zero-order valence-electron chi connectivity index (χ0n) is 10.5. The number of likely N-dealkylation sites (tertiary alicyclic amines) is 1. The summed E-state index contributed by atoms with van der Waals surface area (Å²) in [6.07, 6.45) is 6.25. The van der Waals surface area contributed by atoms with Gasteiger partial charge in [-0.1, -0.05) is 0 Å². The number of rotatable bonds is 2. The van der Waals surface area contributed by atoms with Crippen LogP contribution in [0.2, 0.25) is 0 Å². The Morgan fingerprint density at radius 3 is 3.06 bits per heavy atom. The van der Waals surface area contributed by atoms with E-state index in [9.17, 15) is 4.79 Å². The van der Waals surface area contributed by atoms with Crippen LogP contribution in [0.1, 0.15) is 35.3 Å². The third-order valence-corrected chi connectivity index (χ3v) is 4.14. The predicted molar refractivity (Wildman–Crippen MR) is 67.3 cm³/mol. The molecule has 1 aliphatic heterocycles. The van der Waals surface area contributed by atoms with Crippen molar-refractivity contribution in [3.63, 3.8) is 0 Å². The molecule has 92 valence electrons. The van der Waals surface area contributed by atoms with Gasteiger partial charge in [-0.25, -0.2) is 0 Å². The molecule has 1 saturated heterocycles. The Morgan fingerprint density at radius 2 is 2.29 bits per heavy atom. The molecule has 3 rings (SSSR count). The molecule has 3 heteroatoms. The summed E-state index contributed by atoms with van der Waals surface area (Å²) >= 11 is 0. The molecule has 1 unspecified atom stereocenters. The first kappa shape index (κ1) is 11.0. The number of carbonyl (C=O) groups excluding carboxylic acids is 1. The summed E-state index contributed by atoms with van der Waals surface area (Å²) in [4.78, 5) is 14.2. The fourth-order valence-electron chi connectivity index (χ4n) is 3.21. The molecule has 0 saturated carbocycles. The molecule has 0 bridgehead atoms. The highest BCUT2D eigenvalue weighted by Crippen LogP contribution is 2.25. The van der Waals surface area contributed by atoms with E-state index < -0.39 is 0 Å². The highest BCUT2D eigenvalue weighted by Gasteiger charge is 2.24. The van der Waals surface area contributed by atoms with E-state index in [0.29, 0.717) is 5.78 Å². The lowest BCUT2D eigenvalue weighted by molar-refractivity contribution is 0.0971. The van der Waals surface area contributed by atoms with Crippen LogP contribution >= 0.6 is 0 Å². The second kappa shape index (κ2) is 4.30. The summed E-state index contributed by atoms with van der Waals surface area (Å²) in [5.74, 6) is 1.10. The van der Waals surface area contributed by atoms with Crippen molar-refractivity contribution < 1.29 is 4.79 Å². The highest BCUT2D eigenvalue weighted by atomic mass is 16.1. The van der Waals surface area contributed by atoms with Crippen LogP contribution in [0.25, 0.3) is 0 Å². The summed E-state index contributed by atoms with van der Waals surface area (Å²) in [6, 6.07) is 2.02. The minimum Gasteiger partial charge on any atom is -0.350 e. The van der Waals surface area contributed by atoms with Gasteiger partial charge in [-0.05, 0) is 44.8 Å². The predicted octanol–water partition coefficient (Wildman–Crippen LogP) is 1.96. The van der Waals surface area contributed by atoms with Crippen LogP contribution in [0.5, 0.6) is 0 Å². The van der Waals surface area contributed by atoms with Crippen molar-refractivity contribution in [1.29, 1.82) is 0 Å². The van der Waals surface area contributed by atoms with E-state index in [1.807, 2.05) is 6.07 Å². The molecule has 0 spiro atoms. The van der Waals surface area contributed by atoms with Crippen LogP contribution in [0.15, 0.2) is 12.3 Å². The molecule has 2 aliphatic rings. The lowest BCUT2D eigenvalue weighted by atomic mass is 9.96. The monoisotopic (exact) mass is 232 g/mol. The van der Waals surface area contributed by atoms with E-state index in [1.165, 1.54) is 25.2 Å². The largest absolute Gasteiger partial charge is 0.350 e. The summed E-state index contributed by atoms with van der Waals surface area (Å²) < 4.78 is 2.33. The molecule has 17 heavy (non-hydrogen) atoms. The molecule has 0 radical (unpaired) electrons.